The molecule has 2 amide bonds. The number of carbonyl (C=O) groups excluding carboxylic acids is 2. The summed E-state index contributed by atoms with van der Waals surface area (Å²) in [6.45, 7) is 5.74. The number of nitrogens with one attached hydrogen (secondary N) is 5. The van der Waals surface area contributed by atoms with Gasteiger partial charge in [-0.25, -0.2) is 0 Å². The molecule has 0 saturated carbocycles. The number of hydrogen-bond donors (Lipinski definition) is 5. The number of amides is 2. The Morgan fingerprint density at radius 3 is 2.48 bits per heavy atom. The molecular formula is C29H39N11O2. The van der Waals surface area contributed by atoms with Gasteiger partial charge < -0.3 is 31.1 Å². The molecule has 3 rings (SSSR count). The smallest absolute Gasteiger partial charge is 0.246 e. The number of benzene rings is 1. The minimum atomic E-state index is -0.235. The maximum absolute atomic E-state index is 12.6. The maximum Gasteiger partial charge on any atom is 0.246 e. The van der Waals surface area contributed by atoms with Crippen molar-refractivity contribution in [3.05, 3.63) is 59.8 Å². The molecule has 0 radical (unpaired) electrons. The van der Waals surface area contributed by atoms with Crippen molar-refractivity contribution in [1.29, 1.82) is 5.26 Å². The Kier molecular flexibility index (Phi) is 12.3. The van der Waals surface area contributed by atoms with Gasteiger partial charge in [-0.05, 0) is 45.1 Å². The van der Waals surface area contributed by atoms with Crippen LogP contribution in [0.3, 0.4) is 0 Å². The molecule has 0 aliphatic heterocycles. The minimum Gasteiger partial charge on any atom is -0.368 e. The van der Waals surface area contributed by atoms with E-state index in [0.29, 0.717) is 56.0 Å². The van der Waals surface area contributed by atoms with Gasteiger partial charge in [0.05, 0.1) is 19.0 Å². The number of aryl methyl sites for hydroxylation is 1. The zero-order valence-electron chi connectivity index (χ0n) is 24.6. The van der Waals surface area contributed by atoms with Crippen LogP contribution < -0.4 is 21.3 Å². The summed E-state index contributed by atoms with van der Waals surface area (Å²) in [4.78, 5) is 37.7. The molecule has 0 atom stereocenters. The fourth-order valence-corrected chi connectivity index (χ4v) is 3.83. The number of aromatic amines is 1. The predicted octanol–water partition coefficient (Wildman–Crippen LogP) is 2.95. The molecule has 5 N–H and O–H groups in total. The molecule has 0 saturated heterocycles. The summed E-state index contributed by atoms with van der Waals surface area (Å²) in [6, 6.07) is 13.2. The highest BCUT2D eigenvalue weighted by Gasteiger charge is 2.14. The summed E-state index contributed by atoms with van der Waals surface area (Å²) in [5.41, 5.74) is 2.59. The molecule has 0 bridgehead atoms. The minimum absolute atomic E-state index is 0.00907. The van der Waals surface area contributed by atoms with Crippen molar-refractivity contribution >= 4 is 40.9 Å². The predicted molar refractivity (Wildman–Crippen MR) is 164 cm³/mol. The molecule has 0 aliphatic rings. The fraction of sp³-hybridized carbons (Fsp3) is 0.379. The van der Waals surface area contributed by atoms with E-state index < -0.39 is 0 Å². The van der Waals surface area contributed by atoms with E-state index in [1.165, 1.54) is 6.08 Å². The van der Waals surface area contributed by atoms with Crippen LogP contribution in [-0.4, -0.2) is 88.6 Å². The van der Waals surface area contributed by atoms with Gasteiger partial charge >= 0.3 is 0 Å². The highest BCUT2D eigenvalue weighted by atomic mass is 16.2. The maximum atomic E-state index is 12.6. The van der Waals surface area contributed by atoms with Gasteiger partial charge in [0.25, 0.3) is 0 Å². The van der Waals surface area contributed by atoms with Crippen molar-refractivity contribution < 1.29 is 9.59 Å². The summed E-state index contributed by atoms with van der Waals surface area (Å²) in [5.74, 6) is 1.59. The molecule has 0 aliphatic carbocycles. The lowest BCUT2D eigenvalue weighted by atomic mass is 10.1. The third-order valence-electron chi connectivity index (χ3n) is 5.81. The third-order valence-corrected chi connectivity index (χ3v) is 5.81. The molecule has 0 spiro atoms. The number of carbonyl (C=O) groups is 2. The van der Waals surface area contributed by atoms with E-state index in [2.05, 4.69) is 47.5 Å². The number of rotatable bonds is 16. The first-order valence-corrected chi connectivity index (χ1v) is 13.8. The molecule has 2 aromatic heterocycles. The van der Waals surface area contributed by atoms with E-state index in [1.54, 1.807) is 17.0 Å². The van der Waals surface area contributed by atoms with E-state index in [-0.39, 0.29) is 18.4 Å². The normalized spacial score (nSPS) is 10.9. The Labute approximate surface area is 246 Å². The van der Waals surface area contributed by atoms with Crippen LogP contribution in [0.1, 0.15) is 24.6 Å². The van der Waals surface area contributed by atoms with E-state index in [4.69, 9.17) is 5.26 Å². The number of nitriles is 1. The first kappa shape index (κ1) is 31.6. The number of H-pyrrole nitrogens is 1. The highest BCUT2D eigenvalue weighted by Crippen LogP contribution is 2.21. The second kappa shape index (κ2) is 16.3. The highest BCUT2D eigenvalue weighted by molar-refractivity contribution is 5.91. The second-order valence-electron chi connectivity index (χ2n) is 9.88. The van der Waals surface area contributed by atoms with Crippen molar-refractivity contribution in [3.63, 3.8) is 0 Å². The average molecular weight is 574 g/mol. The van der Waals surface area contributed by atoms with Gasteiger partial charge in [-0.2, -0.15) is 20.3 Å². The van der Waals surface area contributed by atoms with Crippen LogP contribution in [-0.2, 0) is 16.0 Å². The summed E-state index contributed by atoms with van der Waals surface area (Å²) < 4.78 is 0. The lowest BCUT2D eigenvalue weighted by Gasteiger charge is -2.20. The van der Waals surface area contributed by atoms with Crippen LogP contribution in [0, 0.1) is 18.3 Å². The standard InChI is InChI=1S/C29H39N11O2/c1-5-16-40(28(42)7-6-17-39(3)4)20-27(41)32-15-14-31-24-19-25(34-26-18-21(2)37-38-26)36-29(35-24)33-23-10-8-22(9-11-23)12-13-30/h6-11,18-19H,5,12,14-17,20H2,1-4H3,(H,32,41)(H4,31,33,34,35,36,37,38)/b7-6+. The van der Waals surface area contributed by atoms with Crippen molar-refractivity contribution in [3.8, 4) is 6.07 Å². The molecule has 13 nitrogen and oxygen atoms in total. The first-order valence-electron chi connectivity index (χ1n) is 13.8. The molecular weight excluding hydrogens is 534 g/mol. The Morgan fingerprint density at radius 2 is 1.81 bits per heavy atom. The van der Waals surface area contributed by atoms with Crippen LogP contribution in [0.5, 0.6) is 0 Å². The molecule has 1 aromatic carbocycles. The molecule has 0 unspecified atom stereocenters. The Balaban J connectivity index is 1.60. The SMILES string of the molecule is CCCN(CC(=O)NCCNc1cc(Nc2cc(C)[nH]n2)nc(Nc2ccc(CC#N)cc2)n1)C(=O)/C=C/CN(C)C. The molecule has 13 heteroatoms. The van der Waals surface area contributed by atoms with Crippen molar-refractivity contribution in [2.24, 2.45) is 0 Å². The van der Waals surface area contributed by atoms with Crippen LogP contribution in [0.15, 0.2) is 48.6 Å². The van der Waals surface area contributed by atoms with Gasteiger partial charge in [0.1, 0.15) is 11.6 Å². The summed E-state index contributed by atoms with van der Waals surface area (Å²) >= 11 is 0. The van der Waals surface area contributed by atoms with Crippen LogP contribution >= 0.6 is 0 Å². The van der Waals surface area contributed by atoms with Crippen molar-refractivity contribution in [1.82, 2.24) is 35.3 Å². The Hall–Kier alpha value is -4.96. The van der Waals surface area contributed by atoms with E-state index in [1.807, 2.05) is 63.2 Å². The van der Waals surface area contributed by atoms with E-state index in [0.717, 1.165) is 23.4 Å². The number of hydrogen-bond acceptors (Lipinski definition) is 10. The summed E-state index contributed by atoms with van der Waals surface area (Å²) in [7, 11) is 3.85. The Morgan fingerprint density at radius 1 is 1.05 bits per heavy atom. The first-order chi connectivity index (χ1) is 20.2. The van der Waals surface area contributed by atoms with Gasteiger partial charge in [0, 0.05) is 55.8 Å². The number of aromatic nitrogens is 4. The lowest BCUT2D eigenvalue weighted by molar-refractivity contribution is -0.132. The van der Waals surface area contributed by atoms with Gasteiger partial charge in [-0.1, -0.05) is 25.1 Å². The van der Waals surface area contributed by atoms with Gasteiger partial charge in [-0.15, -0.1) is 0 Å². The second-order valence-corrected chi connectivity index (χ2v) is 9.88. The quantitative estimate of drug-likeness (QED) is 0.127. The number of nitrogens with zero attached hydrogens (tertiary/aromatic N) is 6. The molecule has 3 aromatic rings. The lowest BCUT2D eigenvalue weighted by Crippen LogP contribution is -2.41. The summed E-state index contributed by atoms with van der Waals surface area (Å²) in [5, 5.41) is 28.4. The topological polar surface area (TPSA) is 167 Å². The monoisotopic (exact) mass is 573 g/mol. The number of anilines is 5. The van der Waals surface area contributed by atoms with E-state index >= 15 is 0 Å². The van der Waals surface area contributed by atoms with Crippen LogP contribution in [0.25, 0.3) is 0 Å². The number of likely N-dealkylation sites (N-methyl/N-ethyl adjacent to an activating group) is 1. The van der Waals surface area contributed by atoms with Gasteiger partial charge in [-0.3, -0.25) is 14.7 Å². The molecule has 2 heterocycles. The molecule has 42 heavy (non-hydrogen) atoms. The zero-order valence-corrected chi connectivity index (χ0v) is 24.6. The van der Waals surface area contributed by atoms with Crippen molar-refractivity contribution in [2.45, 2.75) is 26.7 Å². The average Bonchev–Trinajstić information content (AvgIpc) is 3.36. The third kappa shape index (κ3) is 10.9. The zero-order chi connectivity index (χ0) is 30.3. The van der Waals surface area contributed by atoms with Gasteiger partial charge in [0.2, 0.25) is 17.8 Å². The molecule has 222 valence electrons. The summed E-state index contributed by atoms with van der Waals surface area (Å²) in [6.07, 6.45) is 4.40. The van der Waals surface area contributed by atoms with Gasteiger partial charge in [0.15, 0.2) is 5.82 Å². The largest absolute Gasteiger partial charge is 0.368 e. The molecule has 0 fully saturated rings. The van der Waals surface area contributed by atoms with Crippen LogP contribution in [0.4, 0.5) is 29.1 Å². The fourth-order valence-electron chi connectivity index (χ4n) is 3.83. The van der Waals surface area contributed by atoms with Crippen molar-refractivity contribution in [2.75, 3.05) is 62.8 Å². The Bertz CT molecular complexity index is 1380. The van der Waals surface area contributed by atoms with E-state index in [9.17, 15) is 9.59 Å². The van der Waals surface area contributed by atoms with Crippen LogP contribution in [0.2, 0.25) is 0 Å².